The summed E-state index contributed by atoms with van der Waals surface area (Å²) in [6.45, 7) is 0.937. The number of anilines is 1. The van der Waals surface area contributed by atoms with E-state index in [0.29, 0.717) is 10.3 Å². The summed E-state index contributed by atoms with van der Waals surface area (Å²) in [5.41, 5.74) is 0. The minimum absolute atomic E-state index is 0.241. The first-order valence-corrected chi connectivity index (χ1v) is 7.45. The van der Waals surface area contributed by atoms with E-state index in [0.717, 1.165) is 24.3 Å². The van der Waals surface area contributed by atoms with E-state index in [-0.39, 0.29) is 5.82 Å². The van der Waals surface area contributed by atoms with Crippen molar-refractivity contribution in [2.45, 2.75) is 25.7 Å². The van der Waals surface area contributed by atoms with E-state index in [1.807, 2.05) is 11.9 Å². The van der Waals surface area contributed by atoms with Gasteiger partial charge in [0, 0.05) is 24.3 Å². The molecule has 0 amide bonds. The Hall–Kier alpha value is -0.640. The van der Waals surface area contributed by atoms with E-state index in [4.69, 9.17) is 0 Å². The second-order valence-electron chi connectivity index (χ2n) is 5.77. The molecule has 0 N–H and O–H groups in total. The molecule has 3 rings (SSSR count). The molecule has 2 aliphatic carbocycles. The third-order valence-electron chi connectivity index (χ3n) is 4.54. The number of aromatic nitrogens is 1. The zero-order chi connectivity index (χ0) is 12.7. The quantitative estimate of drug-likeness (QED) is 0.842. The average Bonchev–Trinajstić information content (AvgIpc) is 2.90. The van der Waals surface area contributed by atoms with Crippen molar-refractivity contribution < 1.29 is 4.39 Å². The van der Waals surface area contributed by atoms with Crippen molar-refractivity contribution in [2.24, 2.45) is 17.8 Å². The molecular weight excluding hydrogens is 295 g/mol. The SMILES string of the molecule is CN(CC1CC2CCC1C2)c1ncc(Br)cc1F. The van der Waals surface area contributed by atoms with Gasteiger partial charge in [-0.2, -0.15) is 0 Å². The van der Waals surface area contributed by atoms with Crippen molar-refractivity contribution in [2.75, 3.05) is 18.5 Å². The van der Waals surface area contributed by atoms with Gasteiger partial charge in [-0.15, -0.1) is 0 Å². The van der Waals surface area contributed by atoms with E-state index in [2.05, 4.69) is 20.9 Å². The molecule has 2 aliphatic rings. The van der Waals surface area contributed by atoms with Gasteiger partial charge in [0.15, 0.2) is 11.6 Å². The fraction of sp³-hybridized carbons (Fsp3) is 0.643. The highest BCUT2D eigenvalue weighted by Gasteiger charge is 2.39. The van der Waals surface area contributed by atoms with Crippen LogP contribution in [-0.4, -0.2) is 18.6 Å². The monoisotopic (exact) mass is 312 g/mol. The van der Waals surface area contributed by atoms with Crippen LogP contribution in [0.15, 0.2) is 16.7 Å². The summed E-state index contributed by atoms with van der Waals surface area (Å²) in [6, 6.07) is 1.49. The first kappa shape index (κ1) is 12.4. The Bertz CT molecular complexity index is 451. The van der Waals surface area contributed by atoms with E-state index in [9.17, 15) is 4.39 Å². The molecule has 0 spiro atoms. The zero-order valence-electron chi connectivity index (χ0n) is 10.6. The standard InChI is InChI=1S/C14H18BrFN2/c1-18(14-13(16)6-12(15)7-17-14)8-11-5-9-2-3-10(11)4-9/h6-7,9-11H,2-5,8H2,1H3. The largest absolute Gasteiger partial charge is 0.357 e. The molecule has 2 saturated carbocycles. The Kier molecular flexibility index (Phi) is 3.31. The highest BCUT2D eigenvalue weighted by atomic mass is 79.9. The Labute approximate surface area is 116 Å². The molecule has 3 unspecified atom stereocenters. The lowest BCUT2D eigenvalue weighted by Crippen LogP contribution is -2.29. The molecule has 1 heterocycles. The number of hydrogen-bond donors (Lipinski definition) is 0. The maximum absolute atomic E-state index is 13.8. The van der Waals surface area contributed by atoms with Crippen molar-refractivity contribution in [3.8, 4) is 0 Å². The number of pyridine rings is 1. The minimum Gasteiger partial charge on any atom is -0.357 e. The highest BCUT2D eigenvalue weighted by Crippen LogP contribution is 2.48. The van der Waals surface area contributed by atoms with Gasteiger partial charge < -0.3 is 4.90 Å². The van der Waals surface area contributed by atoms with Crippen molar-refractivity contribution in [3.63, 3.8) is 0 Å². The molecule has 2 bridgehead atoms. The van der Waals surface area contributed by atoms with Crippen LogP contribution in [0, 0.1) is 23.6 Å². The van der Waals surface area contributed by atoms with Gasteiger partial charge in [-0.05, 0) is 59.0 Å². The molecule has 3 atom stereocenters. The Morgan fingerprint density at radius 2 is 2.28 bits per heavy atom. The molecule has 4 heteroatoms. The van der Waals surface area contributed by atoms with Crippen LogP contribution in [0.3, 0.4) is 0 Å². The van der Waals surface area contributed by atoms with Gasteiger partial charge in [-0.1, -0.05) is 6.42 Å². The summed E-state index contributed by atoms with van der Waals surface area (Å²) in [5.74, 6) is 2.78. The number of nitrogens with zero attached hydrogens (tertiary/aromatic N) is 2. The van der Waals surface area contributed by atoms with Crippen LogP contribution in [0.1, 0.15) is 25.7 Å². The normalized spacial score (nSPS) is 29.8. The Balaban J connectivity index is 1.69. The van der Waals surface area contributed by atoms with Crippen molar-refractivity contribution in [1.29, 1.82) is 0 Å². The molecule has 18 heavy (non-hydrogen) atoms. The molecule has 98 valence electrons. The minimum atomic E-state index is -0.241. The van der Waals surface area contributed by atoms with Gasteiger partial charge in [0.05, 0.1) is 0 Å². The number of rotatable bonds is 3. The van der Waals surface area contributed by atoms with Gasteiger partial charge >= 0.3 is 0 Å². The molecule has 0 aliphatic heterocycles. The topological polar surface area (TPSA) is 16.1 Å². The van der Waals surface area contributed by atoms with Crippen molar-refractivity contribution in [1.82, 2.24) is 4.98 Å². The van der Waals surface area contributed by atoms with Crippen LogP contribution in [-0.2, 0) is 0 Å². The van der Waals surface area contributed by atoms with E-state index < -0.39 is 0 Å². The van der Waals surface area contributed by atoms with Gasteiger partial charge in [-0.3, -0.25) is 0 Å². The van der Waals surface area contributed by atoms with Crippen molar-refractivity contribution in [3.05, 3.63) is 22.6 Å². The van der Waals surface area contributed by atoms with Crippen molar-refractivity contribution >= 4 is 21.7 Å². The molecule has 1 aromatic heterocycles. The second-order valence-corrected chi connectivity index (χ2v) is 6.69. The lowest BCUT2D eigenvalue weighted by molar-refractivity contribution is 0.336. The third kappa shape index (κ3) is 2.27. The maximum Gasteiger partial charge on any atom is 0.166 e. The van der Waals surface area contributed by atoms with Crippen LogP contribution in [0.2, 0.25) is 0 Å². The predicted octanol–water partition coefficient (Wildman–Crippen LogP) is 3.86. The van der Waals surface area contributed by atoms with Gasteiger partial charge in [0.25, 0.3) is 0 Å². The summed E-state index contributed by atoms with van der Waals surface area (Å²) < 4.78 is 14.5. The first-order valence-electron chi connectivity index (χ1n) is 6.65. The summed E-state index contributed by atoms with van der Waals surface area (Å²) >= 11 is 3.24. The Morgan fingerprint density at radius 3 is 2.89 bits per heavy atom. The summed E-state index contributed by atoms with van der Waals surface area (Å²) in [7, 11) is 1.95. The lowest BCUT2D eigenvalue weighted by atomic mass is 9.88. The molecule has 1 aromatic rings. The summed E-state index contributed by atoms with van der Waals surface area (Å²) in [5, 5.41) is 0. The fourth-order valence-electron chi connectivity index (χ4n) is 3.73. The number of fused-ring (bicyclic) bond motifs is 2. The highest BCUT2D eigenvalue weighted by molar-refractivity contribution is 9.10. The van der Waals surface area contributed by atoms with Crippen LogP contribution in [0.4, 0.5) is 10.2 Å². The molecular formula is C14H18BrFN2. The first-order chi connectivity index (χ1) is 8.63. The predicted molar refractivity (Wildman–Crippen MR) is 74.1 cm³/mol. The van der Waals surface area contributed by atoms with E-state index >= 15 is 0 Å². The van der Waals surface area contributed by atoms with Gasteiger partial charge in [-0.25, -0.2) is 9.37 Å². The Morgan fingerprint density at radius 1 is 1.44 bits per heavy atom. The summed E-state index contributed by atoms with van der Waals surface area (Å²) in [6.07, 6.45) is 7.17. The lowest BCUT2D eigenvalue weighted by Gasteiger charge is -2.28. The molecule has 2 fully saturated rings. The molecule has 2 nitrogen and oxygen atoms in total. The average molecular weight is 313 g/mol. The fourth-order valence-corrected chi connectivity index (χ4v) is 4.03. The smallest absolute Gasteiger partial charge is 0.166 e. The van der Waals surface area contributed by atoms with Gasteiger partial charge in [0.1, 0.15) is 0 Å². The molecule has 0 saturated heterocycles. The second kappa shape index (κ2) is 4.80. The summed E-state index contributed by atoms with van der Waals surface area (Å²) in [4.78, 5) is 6.17. The van der Waals surface area contributed by atoms with Crippen LogP contribution < -0.4 is 4.90 Å². The van der Waals surface area contributed by atoms with Crippen LogP contribution in [0.25, 0.3) is 0 Å². The molecule has 0 aromatic carbocycles. The number of hydrogen-bond acceptors (Lipinski definition) is 2. The van der Waals surface area contributed by atoms with E-state index in [1.165, 1.54) is 31.7 Å². The van der Waals surface area contributed by atoms with Crippen LogP contribution in [0.5, 0.6) is 0 Å². The van der Waals surface area contributed by atoms with E-state index in [1.54, 1.807) is 6.20 Å². The van der Waals surface area contributed by atoms with Gasteiger partial charge in [0.2, 0.25) is 0 Å². The maximum atomic E-state index is 13.8. The van der Waals surface area contributed by atoms with Crippen LogP contribution >= 0.6 is 15.9 Å². The zero-order valence-corrected chi connectivity index (χ0v) is 12.2. The molecule has 0 radical (unpaired) electrons. The number of halogens is 2. The third-order valence-corrected chi connectivity index (χ3v) is 4.98.